The number of nitrogens with zero attached hydrogens (tertiary/aromatic N) is 2. The van der Waals surface area contributed by atoms with Gasteiger partial charge in [0.05, 0.1) is 5.56 Å². The molecule has 0 aliphatic carbocycles. The second-order valence-electron chi connectivity index (χ2n) is 3.42. The number of rotatable bonds is 2. The number of aromatic nitrogens is 2. The van der Waals surface area contributed by atoms with Gasteiger partial charge in [0, 0.05) is 14.7 Å². The molecule has 1 N–H and O–H groups in total. The summed E-state index contributed by atoms with van der Waals surface area (Å²) in [6.07, 6.45) is 0. The van der Waals surface area contributed by atoms with Crippen LogP contribution in [0.5, 0.6) is 0 Å². The lowest BCUT2D eigenvalue weighted by Crippen LogP contribution is -2.14. The Morgan fingerprint density at radius 1 is 1.16 bits per heavy atom. The fraction of sp³-hybridized carbons (Fsp3) is 0. The van der Waals surface area contributed by atoms with Gasteiger partial charge in [0.2, 0.25) is 5.28 Å². The number of hydrogen-bond donors (Lipinski definition) is 1. The van der Waals surface area contributed by atoms with Gasteiger partial charge in [-0.3, -0.25) is 4.79 Å². The Balaban J connectivity index is 2.28. The monoisotopic (exact) mass is 427 g/mol. The normalized spacial score (nSPS) is 10.3. The Labute approximate surface area is 137 Å². The summed E-state index contributed by atoms with van der Waals surface area (Å²) >= 11 is 19.3. The second kappa shape index (κ2) is 6.21. The van der Waals surface area contributed by atoms with Crippen molar-refractivity contribution in [1.82, 2.24) is 9.97 Å². The van der Waals surface area contributed by atoms with Crippen LogP contribution in [0.25, 0.3) is 0 Å². The average molecular weight is 428 g/mol. The Morgan fingerprint density at radius 2 is 1.89 bits per heavy atom. The third kappa shape index (κ3) is 3.92. The van der Waals surface area contributed by atoms with Crippen molar-refractivity contribution in [2.75, 3.05) is 5.32 Å². The van der Waals surface area contributed by atoms with E-state index in [0.29, 0.717) is 10.6 Å². The van der Waals surface area contributed by atoms with Gasteiger partial charge in [0.25, 0.3) is 5.91 Å². The Kier molecular flexibility index (Phi) is 4.83. The van der Waals surface area contributed by atoms with Crippen molar-refractivity contribution >= 4 is 69.1 Å². The van der Waals surface area contributed by atoms with Crippen LogP contribution in [-0.2, 0) is 0 Å². The molecule has 0 aliphatic rings. The van der Waals surface area contributed by atoms with E-state index in [1.807, 2.05) is 22.6 Å². The number of benzene rings is 1. The molecule has 0 atom stereocenters. The third-order valence-corrected chi connectivity index (χ3v) is 3.62. The quantitative estimate of drug-likeness (QED) is 0.441. The summed E-state index contributed by atoms with van der Waals surface area (Å²) in [5, 5.41) is 3.17. The summed E-state index contributed by atoms with van der Waals surface area (Å²) in [5.74, 6) is -0.122. The lowest BCUT2D eigenvalue weighted by Gasteiger charge is -2.07. The molecule has 1 aromatic carbocycles. The van der Waals surface area contributed by atoms with Crippen LogP contribution >= 0.6 is 57.4 Å². The molecule has 0 saturated heterocycles. The van der Waals surface area contributed by atoms with Crippen molar-refractivity contribution < 1.29 is 4.79 Å². The second-order valence-corrected chi connectivity index (χ2v) is 5.75. The smallest absolute Gasteiger partial charge is 0.257 e. The molecule has 1 aromatic heterocycles. The van der Waals surface area contributed by atoms with Crippen LogP contribution in [-0.4, -0.2) is 15.9 Å². The van der Waals surface area contributed by atoms with E-state index < -0.39 is 0 Å². The van der Waals surface area contributed by atoms with Crippen molar-refractivity contribution in [3.05, 3.63) is 48.9 Å². The molecule has 0 radical (unpaired) electrons. The van der Waals surface area contributed by atoms with Gasteiger partial charge < -0.3 is 5.32 Å². The van der Waals surface area contributed by atoms with Crippen molar-refractivity contribution in [2.24, 2.45) is 0 Å². The maximum absolute atomic E-state index is 12.1. The fourth-order valence-electron chi connectivity index (χ4n) is 1.31. The molecule has 4 nitrogen and oxygen atoms in total. The molecule has 2 aromatic rings. The molecule has 0 unspecified atom stereocenters. The fourth-order valence-corrected chi connectivity index (χ4v) is 2.47. The number of anilines is 1. The number of amides is 1. The molecule has 0 bridgehead atoms. The van der Waals surface area contributed by atoms with Crippen molar-refractivity contribution in [2.45, 2.75) is 0 Å². The van der Waals surface area contributed by atoms with Crippen LogP contribution in [0.4, 0.5) is 5.82 Å². The van der Waals surface area contributed by atoms with Crippen molar-refractivity contribution in [1.29, 1.82) is 0 Å². The van der Waals surface area contributed by atoms with Gasteiger partial charge in [-0.15, -0.1) is 0 Å². The zero-order valence-electron chi connectivity index (χ0n) is 9.12. The van der Waals surface area contributed by atoms with Crippen LogP contribution in [0.1, 0.15) is 10.4 Å². The Morgan fingerprint density at radius 3 is 2.58 bits per heavy atom. The Bertz CT molecular complexity index is 631. The van der Waals surface area contributed by atoms with Crippen molar-refractivity contribution in [3.8, 4) is 0 Å². The lowest BCUT2D eigenvalue weighted by atomic mass is 10.2. The van der Waals surface area contributed by atoms with Crippen LogP contribution < -0.4 is 5.32 Å². The minimum atomic E-state index is -0.349. The predicted octanol–water partition coefficient (Wildman–Crippen LogP) is 4.29. The van der Waals surface area contributed by atoms with Crippen LogP contribution in [0.2, 0.25) is 15.5 Å². The predicted molar refractivity (Wildman–Crippen MR) is 84.2 cm³/mol. The molecule has 0 spiro atoms. The molecular formula is C11H5Cl3IN3O. The van der Waals surface area contributed by atoms with Crippen LogP contribution in [0.3, 0.4) is 0 Å². The third-order valence-electron chi connectivity index (χ3n) is 2.08. The molecule has 8 heteroatoms. The molecule has 98 valence electrons. The van der Waals surface area contributed by atoms with E-state index in [4.69, 9.17) is 34.8 Å². The SMILES string of the molecule is O=C(Nc1cc(Cl)nc(Cl)n1)c1cc(Cl)ccc1I. The zero-order valence-corrected chi connectivity index (χ0v) is 13.5. The van der Waals surface area contributed by atoms with Crippen molar-refractivity contribution in [3.63, 3.8) is 0 Å². The summed E-state index contributed by atoms with van der Waals surface area (Å²) in [6.45, 7) is 0. The summed E-state index contributed by atoms with van der Waals surface area (Å²) < 4.78 is 0.769. The first kappa shape index (κ1) is 14.8. The van der Waals surface area contributed by atoms with Crippen LogP contribution in [0.15, 0.2) is 24.3 Å². The molecule has 0 saturated carbocycles. The molecule has 0 aliphatic heterocycles. The molecule has 19 heavy (non-hydrogen) atoms. The highest BCUT2D eigenvalue weighted by Crippen LogP contribution is 2.20. The molecule has 1 amide bonds. The highest BCUT2D eigenvalue weighted by atomic mass is 127. The molecular weight excluding hydrogens is 423 g/mol. The first-order valence-electron chi connectivity index (χ1n) is 4.92. The highest BCUT2D eigenvalue weighted by molar-refractivity contribution is 14.1. The largest absolute Gasteiger partial charge is 0.306 e. The maximum atomic E-state index is 12.1. The highest BCUT2D eigenvalue weighted by Gasteiger charge is 2.12. The first-order valence-corrected chi connectivity index (χ1v) is 7.13. The number of nitrogens with one attached hydrogen (secondary N) is 1. The summed E-state index contributed by atoms with van der Waals surface area (Å²) in [7, 11) is 0. The zero-order chi connectivity index (χ0) is 14.0. The maximum Gasteiger partial charge on any atom is 0.257 e. The van der Waals surface area contributed by atoms with Gasteiger partial charge in [0.1, 0.15) is 11.0 Å². The van der Waals surface area contributed by atoms with Crippen LogP contribution in [0, 0.1) is 3.57 Å². The van der Waals surface area contributed by atoms with Gasteiger partial charge in [-0.2, -0.15) is 0 Å². The summed E-state index contributed by atoms with van der Waals surface area (Å²) in [4.78, 5) is 19.6. The molecule has 1 heterocycles. The first-order chi connectivity index (χ1) is 8.95. The Hall–Kier alpha value is -0.630. The molecule has 2 rings (SSSR count). The van der Waals surface area contributed by atoms with E-state index >= 15 is 0 Å². The van der Waals surface area contributed by atoms with E-state index in [-0.39, 0.29) is 22.2 Å². The number of halogens is 4. The van der Waals surface area contributed by atoms with E-state index in [1.54, 1.807) is 18.2 Å². The summed E-state index contributed by atoms with van der Waals surface area (Å²) in [5.41, 5.74) is 0.443. The average Bonchev–Trinajstić information content (AvgIpc) is 2.30. The minimum absolute atomic E-state index is 0.0383. The van der Waals surface area contributed by atoms with Gasteiger partial charge >= 0.3 is 0 Å². The summed E-state index contributed by atoms with van der Waals surface area (Å²) in [6, 6.07) is 6.43. The standard InChI is InChI=1S/C11H5Cl3IN3O/c12-5-1-2-7(15)6(3-5)10(19)17-9-4-8(13)16-11(14)18-9/h1-4H,(H,16,17,18,19). The number of hydrogen-bond acceptors (Lipinski definition) is 3. The van der Waals surface area contributed by atoms with E-state index in [0.717, 1.165) is 3.57 Å². The van der Waals surface area contributed by atoms with Gasteiger partial charge in [0.15, 0.2) is 0 Å². The van der Waals surface area contributed by atoms with Gasteiger partial charge in [-0.05, 0) is 52.4 Å². The minimum Gasteiger partial charge on any atom is -0.306 e. The van der Waals surface area contributed by atoms with Gasteiger partial charge in [-0.25, -0.2) is 9.97 Å². The number of carbonyl (C=O) groups is 1. The molecule has 0 fully saturated rings. The lowest BCUT2D eigenvalue weighted by molar-refractivity contribution is 0.102. The number of carbonyl (C=O) groups excluding carboxylic acids is 1. The van der Waals surface area contributed by atoms with Gasteiger partial charge in [-0.1, -0.05) is 23.2 Å². The van der Waals surface area contributed by atoms with E-state index in [2.05, 4.69) is 15.3 Å². The topological polar surface area (TPSA) is 54.9 Å². The van der Waals surface area contributed by atoms with E-state index in [1.165, 1.54) is 6.07 Å². The van der Waals surface area contributed by atoms with E-state index in [9.17, 15) is 4.79 Å².